The molecule has 12 heteroatoms. The Bertz CT molecular complexity index is 1360. The quantitative estimate of drug-likeness (QED) is 0.325. The van der Waals surface area contributed by atoms with Crippen molar-refractivity contribution in [2.75, 3.05) is 29.9 Å². The van der Waals surface area contributed by atoms with Gasteiger partial charge in [0.2, 0.25) is 5.91 Å². The summed E-state index contributed by atoms with van der Waals surface area (Å²) in [4.78, 5) is 36.6. The van der Waals surface area contributed by atoms with Gasteiger partial charge in [0.15, 0.2) is 0 Å². The Morgan fingerprint density at radius 3 is 2.59 bits per heavy atom. The maximum absolute atomic E-state index is 13.3. The number of nitrogens with zero attached hydrogens (tertiary/aromatic N) is 5. The van der Waals surface area contributed by atoms with Gasteiger partial charge in [-0.15, -0.1) is 0 Å². The summed E-state index contributed by atoms with van der Waals surface area (Å²) in [5.41, 5.74) is 3.19. The number of carbonyl (C=O) groups excluding carboxylic acids is 2. The molecule has 1 aliphatic rings. The first-order valence-corrected chi connectivity index (χ1v) is 13.0. The molecule has 1 aliphatic heterocycles. The highest BCUT2D eigenvalue weighted by atomic mass is 35.5. The lowest BCUT2D eigenvalue weighted by Gasteiger charge is -2.33. The lowest BCUT2D eigenvalue weighted by Crippen LogP contribution is -2.44. The molecule has 0 bridgehead atoms. The van der Waals surface area contributed by atoms with Crippen LogP contribution in [0.15, 0.2) is 61.1 Å². The molecule has 3 N–H and O–H groups in total. The minimum Gasteiger partial charge on any atom is -0.371 e. The number of carbonyl (C=O) groups is 2. The first-order chi connectivity index (χ1) is 18.0. The zero-order valence-corrected chi connectivity index (χ0v) is 21.4. The Labute approximate surface area is 222 Å². The Morgan fingerprint density at radius 1 is 1.05 bits per heavy atom. The number of hydrogen-bond acceptors (Lipinski definition) is 8. The van der Waals surface area contributed by atoms with E-state index in [0.29, 0.717) is 34.4 Å². The molecule has 0 radical (unpaired) electrons. The second-order valence-electron chi connectivity index (χ2n) is 8.79. The molecule has 0 saturated carbocycles. The van der Waals surface area contributed by atoms with Crippen molar-refractivity contribution in [1.29, 1.82) is 0 Å². The molecular weight excluding hydrogens is 512 g/mol. The van der Waals surface area contributed by atoms with E-state index in [4.69, 9.17) is 11.6 Å². The molecule has 3 amide bonds. The summed E-state index contributed by atoms with van der Waals surface area (Å²) in [7, 11) is 0. The summed E-state index contributed by atoms with van der Waals surface area (Å²) in [5, 5.41) is 8.93. The average molecular weight is 537 g/mol. The topological polar surface area (TPSA) is 125 Å². The number of piperidine rings is 1. The standard InChI is InChI=1S/C25H25ClN8O2S/c26-18-2-4-22(28-15-18)30-25(36)31-23(17-1-3-20-21(13-17)33-37-32-20)24(35)29-14-16-7-11-34(12-8-16)19-5-9-27-10-6-19/h1-6,9-10,13,15-16,23H,7-8,11-12,14H2,(H,29,35)(H2,28,30,31,36). The number of aromatic nitrogens is 4. The van der Waals surface area contributed by atoms with Gasteiger partial charge in [-0.05, 0) is 60.7 Å². The van der Waals surface area contributed by atoms with Crippen molar-refractivity contribution >= 4 is 57.8 Å². The van der Waals surface area contributed by atoms with Gasteiger partial charge in [0.05, 0.1) is 16.8 Å². The normalized spacial score (nSPS) is 14.8. The number of benzene rings is 1. The van der Waals surface area contributed by atoms with E-state index in [9.17, 15) is 9.59 Å². The third kappa shape index (κ3) is 6.30. The number of amides is 3. The van der Waals surface area contributed by atoms with Crippen LogP contribution in [0, 0.1) is 5.92 Å². The van der Waals surface area contributed by atoms with E-state index in [1.807, 2.05) is 12.1 Å². The summed E-state index contributed by atoms with van der Waals surface area (Å²) in [5.74, 6) is 0.375. The molecule has 0 spiro atoms. The molecule has 3 aromatic heterocycles. The Hall–Kier alpha value is -3.83. The number of urea groups is 1. The summed E-state index contributed by atoms with van der Waals surface area (Å²) in [6.07, 6.45) is 6.95. The van der Waals surface area contributed by atoms with Gasteiger partial charge in [-0.1, -0.05) is 17.7 Å². The van der Waals surface area contributed by atoms with E-state index in [1.54, 1.807) is 42.7 Å². The van der Waals surface area contributed by atoms with Gasteiger partial charge in [0.1, 0.15) is 22.9 Å². The number of anilines is 2. The lowest BCUT2D eigenvalue weighted by atomic mass is 9.96. The third-order valence-corrected chi connectivity index (χ3v) is 7.11. The number of fused-ring (bicyclic) bond motifs is 1. The highest BCUT2D eigenvalue weighted by Gasteiger charge is 2.26. The first-order valence-electron chi connectivity index (χ1n) is 11.9. The summed E-state index contributed by atoms with van der Waals surface area (Å²) < 4.78 is 8.48. The molecule has 1 saturated heterocycles. The van der Waals surface area contributed by atoms with Crippen LogP contribution in [0.5, 0.6) is 0 Å². The fourth-order valence-electron chi connectivity index (χ4n) is 4.31. The van der Waals surface area contributed by atoms with Crippen molar-refractivity contribution in [3.05, 3.63) is 71.6 Å². The zero-order chi connectivity index (χ0) is 25.6. The van der Waals surface area contributed by atoms with E-state index in [0.717, 1.165) is 48.9 Å². The molecular formula is C25H25ClN8O2S. The maximum Gasteiger partial charge on any atom is 0.321 e. The Balaban J connectivity index is 1.23. The Kier molecular flexibility index (Phi) is 7.71. The zero-order valence-electron chi connectivity index (χ0n) is 19.8. The van der Waals surface area contributed by atoms with E-state index in [-0.39, 0.29) is 5.91 Å². The Morgan fingerprint density at radius 2 is 1.84 bits per heavy atom. The molecule has 10 nitrogen and oxygen atoms in total. The number of hydrogen-bond donors (Lipinski definition) is 3. The minimum absolute atomic E-state index is 0.293. The van der Waals surface area contributed by atoms with Gasteiger partial charge in [0, 0.05) is 43.9 Å². The molecule has 4 heterocycles. The fourth-order valence-corrected chi connectivity index (χ4v) is 4.94. The van der Waals surface area contributed by atoms with Gasteiger partial charge >= 0.3 is 6.03 Å². The second kappa shape index (κ2) is 11.5. The van der Waals surface area contributed by atoms with Crippen molar-refractivity contribution < 1.29 is 9.59 Å². The molecule has 1 atom stereocenters. The molecule has 1 unspecified atom stereocenters. The predicted octanol–water partition coefficient (Wildman–Crippen LogP) is 4.03. The van der Waals surface area contributed by atoms with Crippen molar-refractivity contribution in [2.45, 2.75) is 18.9 Å². The van der Waals surface area contributed by atoms with Crippen LogP contribution in [0.25, 0.3) is 11.0 Å². The van der Waals surface area contributed by atoms with Gasteiger partial charge in [-0.3, -0.25) is 15.1 Å². The number of pyridine rings is 2. The lowest BCUT2D eigenvalue weighted by molar-refractivity contribution is -0.123. The number of halogens is 1. The van der Waals surface area contributed by atoms with Crippen LogP contribution >= 0.6 is 23.3 Å². The molecule has 37 heavy (non-hydrogen) atoms. The highest BCUT2D eigenvalue weighted by Crippen LogP contribution is 2.23. The van der Waals surface area contributed by atoms with Crippen LogP contribution < -0.4 is 20.9 Å². The van der Waals surface area contributed by atoms with Crippen LogP contribution in [-0.2, 0) is 4.79 Å². The fraction of sp³-hybridized carbons (Fsp3) is 0.280. The van der Waals surface area contributed by atoms with Crippen LogP contribution in [0.4, 0.5) is 16.3 Å². The number of nitrogens with one attached hydrogen (secondary N) is 3. The maximum atomic E-state index is 13.3. The molecule has 4 aromatic rings. The van der Waals surface area contributed by atoms with Crippen LogP contribution in [0.1, 0.15) is 24.4 Å². The third-order valence-electron chi connectivity index (χ3n) is 6.33. The molecule has 1 fully saturated rings. The number of rotatable bonds is 7. The highest BCUT2D eigenvalue weighted by molar-refractivity contribution is 7.00. The van der Waals surface area contributed by atoms with Crippen molar-refractivity contribution in [3.8, 4) is 0 Å². The van der Waals surface area contributed by atoms with Crippen molar-refractivity contribution in [2.24, 2.45) is 5.92 Å². The van der Waals surface area contributed by atoms with Crippen LogP contribution in [0.3, 0.4) is 0 Å². The first kappa shape index (κ1) is 24.8. The molecule has 1 aromatic carbocycles. The predicted molar refractivity (Wildman–Crippen MR) is 144 cm³/mol. The van der Waals surface area contributed by atoms with Crippen molar-refractivity contribution in [1.82, 2.24) is 29.3 Å². The SMILES string of the molecule is O=C(Nc1ccc(Cl)cn1)NC(C(=O)NCC1CCN(c2ccncc2)CC1)c1ccc2nsnc2c1. The molecule has 5 rings (SSSR count). The van der Waals surface area contributed by atoms with Gasteiger partial charge < -0.3 is 15.5 Å². The van der Waals surface area contributed by atoms with E-state index < -0.39 is 12.1 Å². The van der Waals surface area contributed by atoms with Crippen LogP contribution in [-0.4, -0.2) is 50.3 Å². The van der Waals surface area contributed by atoms with E-state index in [1.165, 1.54) is 6.20 Å². The molecule has 0 aliphatic carbocycles. The van der Waals surface area contributed by atoms with Gasteiger partial charge in [-0.2, -0.15) is 8.75 Å². The second-order valence-corrected chi connectivity index (χ2v) is 9.75. The summed E-state index contributed by atoms with van der Waals surface area (Å²) in [6.45, 7) is 2.36. The largest absolute Gasteiger partial charge is 0.371 e. The average Bonchev–Trinajstić information content (AvgIpc) is 3.40. The van der Waals surface area contributed by atoms with Crippen LogP contribution in [0.2, 0.25) is 5.02 Å². The smallest absolute Gasteiger partial charge is 0.321 e. The monoisotopic (exact) mass is 536 g/mol. The van der Waals surface area contributed by atoms with Gasteiger partial charge in [0.25, 0.3) is 0 Å². The molecule has 190 valence electrons. The van der Waals surface area contributed by atoms with E-state index >= 15 is 0 Å². The summed E-state index contributed by atoms with van der Waals surface area (Å²) >= 11 is 6.97. The van der Waals surface area contributed by atoms with E-state index in [2.05, 4.69) is 39.6 Å². The van der Waals surface area contributed by atoms with Crippen molar-refractivity contribution in [3.63, 3.8) is 0 Å². The van der Waals surface area contributed by atoms with Gasteiger partial charge in [-0.25, -0.2) is 9.78 Å². The minimum atomic E-state index is -0.921. The summed E-state index contributed by atoms with van der Waals surface area (Å²) in [6, 6.07) is 11.1.